The normalized spacial score (nSPS) is 12.1. The zero-order valence-electron chi connectivity index (χ0n) is 24.9. The van der Waals surface area contributed by atoms with Crippen molar-refractivity contribution in [2.75, 3.05) is 27.4 Å². The third-order valence-electron chi connectivity index (χ3n) is 7.85. The van der Waals surface area contributed by atoms with E-state index in [9.17, 15) is 4.79 Å². The molecule has 5 aromatic rings. The Bertz CT molecular complexity index is 1790. The Labute approximate surface area is 250 Å². The molecule has 1 aliphatic rings. The summed E-state index contributed by atoms with van der Waals surface area (Å²) in [6, 6.07) is 14.0. The molecule has 0 unspecified atom stereocenters. The second-order valence-corrected chi connectivity index (χ2v) is 10.8. The van der Waals surface area contributed by atoms with Gasteiger partial charge >= 0.3 is 0 Å². The first-order valence-corrected chi connectivity index (χ1v) is 14.4. The lowest BCUT2D eigenvalue weighted by Crippen LogP contribution is -2.26. The molecule has 3 aromatic heterocycles. The summed E-state index contributed by atoms with van der Waals surface area (Å²) in [4.78, 5) is 22.3. The van der Waals surface area contributed by atoms with Crippen molar-refractivity contribution in [3.8, 4) is 28.1 Å². The molecule has 0 fully saturated rings. The number of methoxy groups -OCH3 is 2. The number of nitrogens with zero attached hydrogens (tertiary/aromatic N) is 6. The van der Waals surface area contributed by atoms with E-state index >= 15 is 0 Å². The molecule has 0 atom stereocenters. The van der Waals surface area contributed by atoms with Crippen LogP contribution in [0.2, 0.25) is 0 Å². The van der Waals surface area contributed by atoms with Crippen LogP contribution >= 0.6 is 0 Å². The molecular weight excluding hydrogens is 542 g/mol. The molecule has 1 N–H and O–H groups in total. The number of aryl methyl sites for hydroxylation is 4. The maximum atomic E-state index is 12.5. The molecule has 1 aliphatic carbocycles. The van der Waals surface area contributed by atoms with Crippen LogP contribution in [0.5, 0.6) is 5.75 Å². The van der Waals surface area contributed by atoms with E-state index in [2.05, 4.69) is 34.7 Å². The van der Waals surface area contributed by atoms with Crippen LogP contribution in [0.1, 0.15) is 44.3 Å². The lowest BCUT2D eigenvalue weighted by Gasteiger charge is -2.17. The van der Waals surface area contributed by atoms with Crippen molar-refractivity contribution in [3.05, 3.63) is 101 Å². The molecule has 0 saturated heterocycles. The van der Waals surface area contributed by atoms with E-state index < -0.39 is 0 Å². The molecule has 0 radical (unpaired) electrons. The largest absolute Gasteiger partial charge is 0.496 e. The topological polar surface area (TPSA) is 109 Å². The molecule has 0 aliphatic heterocycles. The van der Waals surface area contributed by atoms with Crippen LogP contribution in [0, 0.1) is 0 Å². The predicted octanol–water partition coefficient (Wildman–Crippen LogP) is 3.94. The monoisotopic (exact) mass is 577 g/mol. The van der Waals surface area contributed by atoms with Gasteiger partial charge in [0, 0.05) is 75.2 Å². The average molecular weight is 578 g/mol. The number of carbonyl (C=O) groups excluding carboxylic acids is 1. The van der Waals surface area contributed by atoms with Crippen LogP contribution in [-0.2, 0) is 44.5 Å². The van der Waals surface area contributed by atoms with Crippen LogP contribution in [0.4, 0.5) is 0 Å². The summed E-state index contributed by atoms with van der Waals surface area (Å²) in [5.74, 6) is 1.14. The molecule has 220 valence electrons. The molecule has 10 nitrogen and oxygen atoms in total. The minimum Gasteiger partial charge on any atom is -0.496 e. The van der Waals surface area contributed by atoms with Crippen molar-refractivity contribution in [3.63, 3.8) is 0 Å². The van der Waals surface area contributed by atoms with Crippen LogP contribution < -0.4 is 10.1 Å². The summed E-state index contributed by atoms with van der Waals surface area (Å²) in [5.41, 5.74) is 10.2. The molecule has 10 heteroatoms. The third-order valence-corrected chi connectivity index (χ3v) is 7.85. The summed E-state index contributed by atoms with van der Waals surface area (Å²) >= 11 is 0. The standard InChI is InChI=1S/C33H35N7O3/c1-39-20-26(19-36-39)22-7-5-6-21(14-22)15-28-31-27(38-40(28)2)11-10-25-18-35-30(37-32(25)31)17-23-8-9-24(16-29(23)43-4)33(41)34-12-13-42-3/h5-9,14,16,18-20H,10-13,15,17H2,1-4H3,(H,34,41). The number of benzene rings is 2. The summed E-state index contributed by atoms with van der Waals surface area (Å²) in [6.45, 7) is 0.894. The Morgan fingerprint density at radius 1 is 1.02 bits per heavy atom. The second kappa shape index (κ2) is 12.2. The minimum absolute atomic E-state index is 0.172. The highest BCUT2D eigenvalue weighted by Gasteiger charge is 2.26. The minimum atomic E-state index is -0.172. The third kappa shape index (κ3) is 5.91. The molecule has 3 heterocycles. The number of rotatable bonds is 10. The van der Waals surface area contributed by atoms with E-state index in [0.29, 0.717) is 36.7 Å². The van der Waals surface area contributed by atoms with Crippen molar-refractivity contribution >= 4 is 5.91 Å². The summed E-state index contributed by atoms with van der Waals surface area (Å²) < 4.78 is 14.5. The summed E-state index contributed by atoms with van der Waals surface area (Å²) in [7, 11) is 7.15. The highest BCUT2D eigenvalue weighted by atomic mass is 16.5. The number of nitrogens with one attached hydrogen (secondary N) is 1. The first-order chi connectivity index (χ1) is 20.9. The Hall–Kier alpha value is -4.83. The van der Waals surface area contributed by atoms with E-state index in [-0.39, 0.29) is 5.91 Å². The van der Waals surface area contributed by atoms with Gasteiger partial charge in [-0.1, -0.05) is 30.3 Å². The fraction of sp³-hybridized carbons (Fsp3) is 0.303. The van der Waals surface area contributed by atoms with Crippen LogP contribution in [-0.4, -0.2) is 62.8 Å². The fourth-order valence-electron chi connectivity index (χ4n) is 5.65. The first kappa shape index (κ1) is 28.3. The van der Waals surface area contributed by atoms with E-state index in [1.54, 1.807) is 26.4 Å². The van der Waals surface area contributed by atoms with Gasteiger partial charge in [-0.3, -0.25) is 14.2 Å². The molecule has 0 spiro atoms. The van der Waals surface area contributed by atoms with Crippen LogP contribution in [0.25, 0.3) is 22.4 Å². The molecule has 1 amide bonds. The summed E-state index contributed by atoms with van der Waals surface area (Å²) in [5, 5.41) is 12.1. The number of ether oxygens (including phenoxy) is 2. The Balaban J connectivity index is 1.28. The molecule has 0 saturated carbocycles. The van der Waals surface area contributed by atoms with Gasteiger partial charge in [0.25, 0.3) is 5.91 Å². The molecular formula is C33H35N7O3. The number of fused-ring (bicyclic) bond motifs is 3. The Kier molecular flexibility index (Phi) is 8.02. The average Bonchev–Trinajstić information content (AvgIpc) is 3.60. The smallest absolute Gasteiger partial charge is 0.251 e. The molecule has 6 rings (SSSR count). The van der Waals surface area contributed by atoms with Gasteiger partial charge in [-0.25, -0.2) is 9.97 Å². The van der Waals surface area contributed by atoms with Gasteiger partial charge in [0.15, 0.2) is 0 Å². The van der Waals surface area contributed by atoms with E-state index in [1.807, 2.05) is 48.1 Å². The van der Waals surface area contributed by atoms with Crippen molar-refractivity contribution in [1.29, 1.82) is 0 Å². The van der Waals surface area contributed by atoms with E-state index in [0.717, 1.165) is 64.2 Å². The highest BCUT2D eigenvalue weighted by molar-refractivity contribution is 5.94. The lowest BCUT2D eigenvalue weighted by molar-refractivity contribution is 0.0936. The number of carbonyl (C=O) groups is 1. The number of hydrogen-bond acceptors (Lipinski definition) is 7. The Morgan fingerprint density at radius 3 is 2.70 bits per heavy atom. The molecule has 0 bridgehead atoms. The van der Waals surface area contributed by atoms with Crippen LogP contribution in [0.15, 0.2) is 61.1 Å². The Morgan fingerprint density at radius 2 is 1.91 bits per heavy atom. The van der Waals surface area contributed by atoms with Gasteiger partial charge in [0.05, 0.1) is 37.0 Å². The summed E-state index contributed by atoms with van der Waals surface area (Å²) in [6.07, 6.45) is 8.78. The second-order valence-electron chi connectivity index (χ2n) is 10.8. The van der Waals surface area contributed by atoms with Gasteiger partial charge in [-0.15, -0.1) is 0 Å². The van der Waals surface area contributed by atoms with E-state index in [1.165, 1.54) is 5.56 Å². The quantitative estimate of drug-likeness (QED) is 0.251. The maximum absolute atomic E-state index is 12.5. The predicted molar refractivity (Wildman–Crippen MR) is 163 cm³/mol. The van der Waals surface area contributed by atoms with Crippen molar-refractivity contribution in [2.45, 2.75) is 25.7 Å². The number of aromatic nitrogens is 6. The van der Waals surface area contributed by atoms with Crippen molar-refractivity contribution < 1.29 is 14.3 Å². The van der Waals surface area contributed by atoms with Gasteiger partial charge in [0.1, 0.15) is 11.6 Å². The maximum Gasteiger partial charge on any atom is 0.251 e. The van der Waals surface area contributed by atoms with Gasteiger partial charge in [0.2, 0.25) is 0 Å². The first-order valence-electron chi connectivity index (χ1n) is 14.4. The zero-order chi connectivity index (χ0) is 29.9. The van der Waals surface area contributed by atoms with Crippen molar-refractivity contribution in [2.24, 2.45) is 14.1 Å². The molecule has 2 aromatic carbocycles. The molecule has 43 heavy (non-hydrogen) atoms. The number of hydrogen-bond donors (Lipinski definition) is 1. The number of amides is 1. The van der Waals surface area contributed by atoms with Crippen LogP contribution in [0.3, 0.4) is 0 Å². The SMILES string of the molecule is COCCNC(=O)c1ccc(Cc2ncc3c(n2)-c2c(nn(C)c2Cc2cccc(-c4cnn(C)c4)c2)CC3)c(OC)c1. The van der Waals surface area contributed by atoms with Crippen molar-refractivity contribution in [1.82, 2.24) is 34.8 Å². The van der Waals surface area contributed by atoms with Gasteiger partial charge < -0.3 is 14.8 Å². The lowest BCUT2D eigenvalue weighted by atomic mass is 9.91. The fourth-order valence-corrected chi connectivity index (χ4v) is 5.65. The zero-order valence-corrected chi connectivity index (χ0v) is 24.9. The highest BCUT2D eigenvalue weighted by Crippen LogP contribution is 2.36. The van der Waals surface area contributed by atoms with Gasteiger partial charge in [-0.2, -0.15) is 10.2 Å². The van der Waals surface area contributed by atoms with E-state index in [4.69, 9.17) is 24.5 Å². The van der Waals surface area contributed by atoms with Gasteiger partial charge in [-0.05, 0) is 41.7 Å².